The second-order valence-corrected chi connectivity index (χ2v) is 5.25. The zero-order valence-corrected chi connectivity index (χ0v) is 12.9. The molecule has 6 nitrogen and oxygen atoms in total. The molecular weight excluding hydrogens is 256 g/mol. The first-order valence-corrected chi connectivity index (χ1v) is 6.88. The minimum absolute atomic E-state index is 0.0415. The SMILES string of the molecule is CCn1ccnc1CN(C)C(=O)C(NC(C)=O)C(C)C. The molecule has 0 spiro atoms. The van der Waals surface area contributed by atoms with Crippen molar-refractivity contribution in [3.05, 3.63) is 18.2 Å². The van der Waals surface area contributed by atoms with Crippen molar-refractivity contribution in [3.63, 3.8) is 0 Å². The molecule has 0 bridgehead atoms. The fourth-order valence-electron chi connectivity index (χ4n) is 2.04. The van der Waals surface area contributed by atoms with Crippen LogP contribution in [0.2, 0.25) is 0 Å². The van der Waals surface area contributed by atoms with Gasteiger partial charge in [0.2, 0.25) is 11.8 Å². The normalized spacial score (nSPS) is 12.3. The zero-order chi connectivity index (χ0) is 15.3. The molecule has 0 saturated heterocycles. The first kappa shape index (κ1) is 16.2. The fourth-order valence-corrected chi connectivity index (χ4v) is 2.04. The van der Waals surface area contributed by atoms with Crippen LogP contribution in [0.25, 0.3) is 0 Å². The van der Waals surface area contributed by atoms with Crippen LogP contribution >= 0.6 is 0 Å². The highest BCUT2D eigenvalue weighted by Gasteiger charge is 2.26. The molecule has 0 fully saturated rings. The summed E-state index contributed by atoms with van der Waals surface area (Å²) in [5, 5.41) is 2.71. The zero-order valence-electron chi connectivity index (χ0n) is 12.9. The van der Waals surface area contributed by atoms with Gasteiger partial charge in [0, 0.05) is 32.9 Å². The van der Waals surface area contributed by atoms with E-state index in [1.54, 1.807) is 18.1 Å². The van der Waals surface area contributed by atoms with Gasteiger partial charge in [-0.15, -0.1) is 0 Å². The Kier molecular flexibility index (Phi) is 5.73. The maximum absolute atomic E-state index is 12.4. The Morgan fingerprint density at radius 1 is 1.45 bits per heavy atom. The van der Waals surface area contributed by atoms with E-state index in [0.717, 1.165) is 12.4 Å². The number of rotatable bonds is 6. The lowest BCUT2D eigenvalue weighted by atomic mass is 10.0. The minimum atomic E-state index is -0.498. The van der Waals surface area contributed by atoms with Crippen LogP contribution in [0.15, 0.2) is 12.4 Å². The number of nitrogens with zero attached hydrogens (tertiary/aromatic N) is 3. The lowest BCUT2D eigenvalue weighted by molar-refractivity contribution is -0.136. The van der Waals surface area contributed by atoms with Crippen molar-refractivity contribution >= 4 is 11.8 Å². The van der Waals surface area contributed by atoms with E-state index in [9.17, 15) is 9.59 Å². The Balaban J connectivity index is 2.76. The van der Waals surface area contributed by atoms with Crippen molar-refractivity contribution in [3.8, 4) is 0 Å². The number of imidazole rings is 1. The van der Waals surface area contributed by atoms with Crippen LogP contribution in [0.5, 0.6) is 0 Å². The van der Waals surface area contributed by atoms with E-state index in [1.807, 2.05) is 31.5 Å². The van der Waals surface area contributed by atoms with Gasteiger partial charge >= 0.3 is 0 Å². The second-order valence-electron chi connectivity index (χ2n) is 5.25. The molecular formula is C14H24N4O2. The van der Waals surface area contributed by atoms with E-state index in [2.05, 4.69) is 10.3 Å². The lowest BCUT2D eigenvalue weighted by Crippen LogP contribution is -2.49. The van der Waals surface area contributed by atoms with Gasteiger partial charge in [-0.1, -0.05) is 13.8 Å². The first-order chi connectivity index (χ1) is 9.36. The molecule has 6 heteroatoms. The fraction of sp³-hybridized carbons (Fsp3) is 0.643. The van der Waals surface area contributed by atoms with E-state index in [-0.39, 0.29) is 17.7 Å². The largest absolute Gasteiger partial charge is 0.344 e. The van der Waals surface area contributed by atoms with Crippen molar-refractivity contribution in [2.75, 3.05) is 7.05 Å². The van der Waals surface area contributed by atoms with Crippen molar-refractivity contribution in [2.45, 2.75) is 46.8 Å². The van der Waals surface area contributed by atoms with Gasteiger partial charge in [0.05, 0.1) is 6.54 Å². The van der Waals surface area contributed by atoms with Crippen LogP contribution in [-0.2, 0) is 22.7 Å². The molecule has 0 aromatic carbocycles. The topological polar surface area (TPSA) is 67.2 Å². The highest BCUT2D eigenvalue weighted by Crippen LogP contribution is 2.08. The van der Waals surface area contributed by atoms with E-state index < -0.39 is 6.04 Å². The maximum Gasteiger partial charge on any atom is 0.245 e. The summed E-state index contributed by atoms with van der Waals surface area (Å²) in [7, 11) is 1.73. The van der Waals surface area contributed by atoms with Gasteiger partial charge in [0.15, 0.2) is 0 Å². The Labute approximate surface area is 120 Å². The van der Waals surface area contributed by atoms with Crippen LogP contribution in [0, 0.1) is 5.92 Å². The van der Waals surface area contributed by atoms with Gasteiger partial charge in [0.25, 0.3) is 0 Å². The summed E-state index contributed by atoms with van der Waals surface area (Å²) in [6.07, 6.45) is 3.62. The summed E-state index contributed by atoms with van der Waals surface area (Å²) in [6.45, 7) is 8.53. The molecule has 0 radical (unpaired) electrons. The predicted octanol–water partition coefficient (Wildman–Crippen LogP) is 1.02. The lowest BCUT2D eigenvalue weighted by Gasteiger charge is -2.26. The average Bonchev–Trinajstić information content (AvgIpc) is 2.81. The molecule has 2 amide bonds. The molecule has 1 aromatic rings. The molecule has 1 unspecified atom stereocenters. The standard InChI is InChI=1S/C14H24N4O2/c1-6-18-8-7-15-12(18)9-17(5)14(20)13(10(2)3)16-11(4)19/h7-8,10,13H,6,9H2,1-5H3,(H,16,19). The van der Waals surface area contributed by atoms with Crippen LogP contribution in [-0.4, -0.2) is 39.4 Å². The third kappa shape index (κ3) is 4.08. The van der Waals surface area contributed by atoms with Gasteiger partial charge in [-0.2, -0.15) is 0 Å². The number of carbonyl (C=O) groups excluding carboxylic acids is 2. The van der Waals surface area contributed by atoms with Gasteiger partial charge < -0.3 is 14.8 Å². The van der Waals surface area contributed by atoms with Crippen LogP contribution < -0.4 is 5.32 Å². The molecule has 112 valence electrons. The highest BCUT2D eigenvalue weighted by molar-refractivity contribution is 5.86. The third-order valence-corrected chi connectivity index (χ3v) is 3.19. The molecule has 1 N–H and O–H groups in total. The van der Waals surface area contributed by atoms with Gasteiger partial charge in [-0.25, -0.2) is 4.98 Å². The van der Waals surface area contributed by atoms with E-state index in [4.69, 9.17) is 0 Å². The number of aryl methyl sites for hydroxylation is 1. The molecule has 20 heavy (non-hydrogen) atoms. The molecule has 0 saturated carbocycles. The Morgan fingerprint density at radius 2 is 2.10 bits per heavy atom. The number of nitrogens with one attached hydrogen (secondary N) is 1. The average molecular weight is 280 g/mol. The van der Waals surface area contributed by atoms with Gasteiger partial charge in [-0.3, -0.25) is 9.59 Å². The van der Waals surface area contributed by atoms with E-state index in [0.29, 0.717) is 6.54 Å². The maximum atomic E-state index is 12.4. The molecule has 1 heterocycles. The van der Waals surface area contributed by atoms with Crippen molar-refractivity contribution in [1.82, 2.24) is 19.8 Å². The molecule has 0 aliphatic carbocycles. The van der Waals surface area contributed by atoms with Crippen LogP contribution in [0.3, 0.4) is 0 Å². The summed E-state index contributed by atoms with van der Waals surface area (Å²) in [5.74, 6) is 0.592. The summed E-state index contributed by atoms with van der Waals surface area (Å²) in [5.41, 5.74) is 0. The Bertz CT molecular complexity index is 467. The molecule has 1 atom stereocenters. The molecule has 1 aromatic heterocycles. The number of amides is 2. The number of hydrogen-bond acceptors (Lipinski definition) is 3. The van der Waals surface area contributed by atoms with Crippen molar-refractivity contribution in [1.29, 1.82) is 0 Å². The van der Waals surface area contributed by atoms with Crippen LogP contribution in [0.1, 0.15) is 33.5 Å². The van der Waals surface area contributed by atoms with E-state index in [1.165, 1.54) is 6.92 Å². The van der Waals surface area contributed by atoms with Gasteiger partial charge in [-0.05, 0) is 12.8 Å². The summed E-state index contributed by atoms with van der Waals surface area (Å²) < 4.78 is 1.99. The smallest absolute Gasteiger partial charge is 0.245 e. The van der Waals surface area contributed by atoms with E-state index >= 15 is 0 Å². The Hall–Kier alpha value is -1.85. The number of likely N-dealkylation sites (N-methyl/N-ethyl adjacent to an activating group) is 1. The second kappa shape index (κ2) is 7.07. The summed E-state index contributed by atoms with van der Waals surface area (Å²) in [6, 6.07) is -0.498. The quantitative estimate of drug-likeness (QED) is 0.846. The first-order valence-electron chi connectivity index (χ1n) is 6.88. The Morgan fingerprint density at radius 3 is 2.60 bits per heavy atom. The highest BCUT2D eigenvalue weighted by atomic mass is 16.2. The van der Waals surface area contributed by atoms with Crippen LogP contribution in [0.4, 0.5) is 0 Å². The monoisotopic (exact) mass is 280 g/mol. The molecule has 0 aliphatic rings. The summed E-state index contributed by atoms with van der Waals surface area (Å²) in [4.78, 5) is 29.5. The van der Waals surface area contributed by atoms with Crippen molar-refractivity contribution < 1.29 is 9.59 Å². The third-order valence-electron chi connectivity index (χ3n) is 3.19. The number of carbonyl (C=O) groups is 2. The molecule has 1 rings (SSSR count). The molecule has 0 aliphatic heterocycles. The summed E-state index contributed by atoms with van der Waals surface area (Å²) >= 11 is 0. The van der Waals surface area contributed by atoms with Crippen molar-refractivity contribution in [2.24, 2.45) is 5.92 Å². The number of hydrogen-bond donors (Lipinski definition) is 1. The predicted molar refractivity (Wildman–Crippen MR) is 76.8 cm³/mol. The van der Waals surface area contributed by atoms with Gasteiger partial charge in [0.1, 0.15) is 11.9 Å². The number of aromatic nitrogens is 2. The minimum Gasteiger partial charge on any atom is -0.344 e.